The summed E-state index contributed by atoms with van der Waals surface area (Å²) in [6.07, 6.45) is 3.84. The molecule has 1 saturated carbocycles. The largest absolute Gasteiger partial charge is 0.488 e. The van der Waals surface area contributed by atoms with E-state index in [0.717, 1.165) is 22.2 Å². The molecule has 0 aromatic heterocycles. The van der Waals surface area contributed by atoms with Crippen molar-refractivity contribution < 1.29 is 14.3 Å². The summed E-state index contributed by atoms with van der Waals surface area (Å²) in [6.45, 7) is 6.47. The van der Waals surface area contributed by atoms with E-state index >= 15 is 0 Å². The highest BCUT2D eigenvalue weighted by Crippen LogP contribution is 2.45. The molecule has 2 aromatic carbocycles. The Labute approximate surface area is 163 Å². The van der Waals surface area contributed by atoms with Crippen LogP contribution in [-0.2, 0) is 17.8 Å². The molecule has 0 radical (unpaired) electrons. The molecule has 0 unspecified atom stereocenters. The summed E-state index contributed by atoms with van der Waals surface area (Å²) in [7, 11) is 0. The van der Waals surface area contributed by atoms with Crippen molar-refractivity contribution in [2.45, 2.75) is 59.0 Å². The number of halogens is 1. The van der Waals surface area contributed by atoms with E-state index in [1.165, 1.54) is 29.5 Å². The standard InChI is InChI=1S/C22H25BrO3/c1-4-15-12-17(16-9-10-16)21(11-14(15)3)25-13-18-19(23)7-6-8-20(18)26-22(24)5-2/h6-8,11-12,16H,4-5,9-10,13H2,1-3H3. The van der Waals surface area contributed by atoms with E-state index in [1.54, 1.807) is 6.92 Å². The predicted octanol–water partition coefficient (Wildman–Crippen LogP) is 6.09. The van der Waals surface area contributed by atoms with Gasteiger partial charge in [0.2, 0.25) is 0 Å². The summed E-state index contributed by atoms with van der Waals surface area (Å²) < 4.78 is 12.6. The molecule has 0 bridgehead atoms. The van der Waals surface area contributed by atoms with Gasteiger partial charge in [0.05, 0.1) is 0 Å². The fourth-order valence-corrected chi connectivity index (χ4v) is 3.55. The Balaban J connectivity index is 1.85. The molecule has 1 fully saturated rings. The van der Waals surface area contributed by atoms with Gasteiger partial charge in [-0.1, -0.05) is 41.9 Å². The number of ether oxygens (including phenoxy) is 2. The Bertz CT molecular complexity index is 809. The second-order valence-electron chi connectivity index (χ2n) is 6.78. The highest BCUT2D eigenvalue weighted by atomic mass is 79.9. The van der Waals surface area contributed by atoms with Gasteiger partial charge in [0.25, 0.3) is 0 Å². The topological polar surface area (TPSA) is 35.5 Å². The normalized spacial score (nSPS) is 13.5. The third-order valence-corrected chi connectivity index (χ3v) is 5.57. The van der Waals surface area contributed by atoms with Crippen molar-refractivity contribution >= 4 is 21.9 Å². The number of hydrogen-bond donors (Lipinski definition) is 0. The number of benzene rings is 2. The van der Waals surface area contributed by atoms with Crippen LogP contribution in [0.2, 0.25) is 0 Å². The van der Waals surface area contributed by atoms with Crippen LogP contribution in [0.25, 0.3) is 0 Å². The zero-order valence-electron chi connectivity index (χ0n) is 15.6. The van der Waals surface area contributed by atoms with E-state index in [-0.39, 0.29) is 5.97 Å². The molecule has 4 heteroatoms. The molecule has 3 nitrogen and oxygen atoms in total. The maximum atomic E-state index is 11.7. The first-order chi connectivity index (χ1) is 12.5. The van der Waals surface area contributed by atoms with Crippen molar-refractivity contribution in [2.75, 3.05) is 0 Å². The second-order valence-corrected chi connectivity index (χ2v) is 7.63. The zero-order chi connectivity index (χ0) is 18.7. The number of aryl methyl sites for hydroxylation is 2. The van der Waals surface area contributed by atoms with Gasteiger partial charge in [-0.25, -0.2) is 0 Å². The molecule has 138 valence electrons. The quantitative estimate of drug-likeness (QED) is 0.404. The van der Waals surface area contributed by atoms with Gasteiger partial charge in [-0.2, -0.15) is 0 Å². The van der Waals surface area contributed by atoms with Crippen LogP contribution in [-0.4, -0.2) is 5.97 Å². The summed E-state index contributed by atoms with van der Waals surface area (Å²) in [4.78, 5) is 11.7. The van der Waals surface area contributed by atoms with E-state index in [1.807, 2.05) is 18.2 Å². The third-order valence-electron chi connectivity index (χ3n) is 4.83. The molecule has 2 aromatic rings. The van der Waals surface area contributed by atoms with Crippen LogP contribution in [0, 0.1) is 6.92 Å². The second kappa shape index (κ2) is 8.26. The zero-order valence-corrected chi connectivity index (χ0v) is 17.2. The van der Waals surface area contributed by atoms with E-state index < -0.39 is 0 Å². The van der Waals surface area contributed by atoms with Crippen LogP contribution in [0.1, 0.15) is 61.3 Å². The van der Waals surface area contributed by atoms with Crippen LogP contribution in [0.15, 0.2) is 34.8 Å². The van der Waals surface area contributed by atoms with Crippen LogP contribution in [0.4, 0.5) is 0 Å². The minimum atomic E-state index is -0.244. The van der Waals surface area contributed by atoms with Crippen molar-refractivity contribution in [1.29, 1.82) is 0 Å². The Hall–Kier alpha value is -1.81. The lowest BCUT2D eigenvalue weighted by molar-refractivity contribution is -0.134. The molecule has 1 aliphatic carbocycles. The molecule has 0 spiro atoms. The SMILES string of the molecule is CCC(=O)Oc1cccc(Br)c1COc1cc(C)c(CC)cc1C1CC1. The van der Waals surface area contributed by atoms with E-state index in [4.69, 9.17) is 9.47 Å². The van der Waals surface area contributed by atoms with Crippen LogP contribution in [0.3, 0.4) is 0 Å². The lowest BCUT2D eigenvalue weighted by Crippen LogP contribution is -2.09. The molecule has 1 aliphatic rings. The monoisotopic (exact) mass is 416 g/mol. The van der Waals surface area contributed by atoms with Crippen molar-refractivity contribution in [1.82, 2.24) is 0 Å². The summed E-state index contributed by atoms with van der Waals surface area (Å²) in [5.74, 6) is 1.88. The minimum Gasteiger partial charge on any atom is -0.488 e. The summed E-state index contributed by atoms with van der Waals surface area (Å²) >= 11 is 3.56. The molecule has 0 heterocycles. The van der Waals surface area contributed by atoms with Crippen LogP contribution >= 0.6 is 15.9 Å². The molecule has 0 atom stereocenters. The molecule has 0 aliphatic heterocycles. The molecule has 0 saturated heterocycles. The van der Waals surface area contributed by atoms with Gasteiger partial charge in [-0.3, -0.25) is 4.79 Å². The van der Waals surface area contributed by atoms with Gasteiger partial charge in [-0.15, -0.1) is 0 Å². The van der Waals surface area contributed by atoms with Gasteiger partial charge in [0, 0.05) is 16.5 Å². The predicted molar refractivity (Wildman–Crippen MR) is 107 cm³/mol. The first kappa shape index (κ1) is 19.0. The van der Waals surface area contributed by atoms with Crippen LogP contribution in [0.5, 0.6) is 11.5 Å². The number of esters is 1. The Morgan fingerprint density at radius 1 is 1.19 bits per heavy atom. The first-order valence-corrected chi connectivity index (χ1v) is 10.1. The number of carbonyl (C=O) groups is 1. The Morgan fingerprint density at radius 3 is 2.62 bits per heavy atom. The van der Waals surface area contributed by atoms with Gasteiger partial charge >= 0.3 is 5.97 Å². The van der Waals surface area contributed by atoms with E-state index in [2.05, 4.69) is 41.9 Å². The van der Waals surface area contributed by atoms with Crippen molar-refractivity contribution in [3.8, 4) is 11.5 Å². The number of hydrogen-bond acceptors (Lipinski definition) is 3. The summed E-state index contributed by atoms with van der Waals surface area (Å²) in [5, 5.41) is 0. The van der Waals surface area contributed by atoms with Crippen molar-refractivity contribution in [3.63, 3.8) is 0 Å². The van der Waals surface area contributed by atoms with Crippen LogP contribution < -0.4 is 9.47 Å². The molecular weight excluding hydrogens is 392 g/mol. The summed E-state index contributed by atoms with van der Waals surface area (Å²) in [6, 6.07) is 10.1. The third kappa shape index (κ3) is 4.29. The average Bonchev–Trinajstić information content (AvgIpc) is 3.46. The van der Waals surface area contributed by atoms with Gasteiger partial charge in [0.1, 0.15) is 18.1 Å². The highest BCUT2D eigenvalue weighted by Gasteiger charge is 2.27. The van der Waals surface area contributed by atoms with Crippen molar-refractivity contribution in [2.24, 2.45) is 0 Å². The minimum absolute atomic E-state index is 0.244. The Kier molecular flexibility index (Phi) is 6.02. The van der Waals surface area contributed by atoms with Gasteiger partial charge in [-0.05, 0) is 67.0 Å². The smallest absolute Gasteiger partial charge is 0.310 e. The van der Waals surface area contributed by atoms with Crippen molar-refractivity contribution in [3.05, 3.63) is 57.1 Å². The van der Waals surface area contributed by atoms with Gasteiger partial charge in [0.15, 0.2) is 0 Å². The molecular formula is C22H25BrO3. The van der Waals surface area contributed by atoms with Gasteiger partial charge < -0.3 is 9.47 Å². The highest BCUT2D eigenvalue weighted by molar-refractivity contribution is 9.10. The maximum Gasteiger partial charge on any atom is 0.310 e. The first-order valence-electron chi connectivity index (χ1n) is 9.27. The van der Waals surface area contributed by atoms with E-state index in [0.29, 0.717) is 24.7 Å². The molecule has 26 heavy (non-hydrogen) atoms. The Morgan fingerprint density at radius 2 is 1.96 bits per heavy atom. The fraction of sp³-hybridized carbons (Fsp3) is 0.409. The number of carbonyl (C=O) groups excluding carboxylic acids is 1. The fourth-order valence-electron chi connectivity index (χ4n) is 3.08. The molecule has 0 amide bonds. The average molecular weight is 417 g/mol. The number of rotatable bonds is 7. The maximum absolute atomic E-state index is 11.7. The molecule has 3 rings (SSSR count). The lowest BCUT2D eigenvalue weighted by Gasteiger charge is -2.17. The molecule has 0 N–H and O–H groups in total. The summed E-state index contributed by atoms with van der Waals surface area (Å²) in [5.41, 5.74) is 4.81. The lowest BCUT2D eigenvalue weighted by atomic mass is 9.99. The van der Waals surface area contributed by atoms with E-state index in [9.17, 15) is 4.79 Å².